The number of ether oxygens (including phenoxy) is 2. The maximum absolute atomic E-state index is 11.4. The number of hydrogen-bond acceptors (Lipinski definition) is 3. The molecule has 4 heteroatoms. The molecular weight excluding hydrogens is 254 g/mol. The van der Waals surface area contributed by atoms with Crippen LogP contribution < -0.4 is 14.8 Å². The van der Waals surface area contributed by atoms with E-state index in [2.05, 4.69) is 11.2 Å². The van der Waals surface area contributed by atoms with Crippen molar-refractivity contribution in [1.82, 2.24) is 5.32 Å². The summed E-state index contributed by atoms with van der Waals surface area (Å²) in [5, 5.41) is 2.78. The number of aryl methyl sites for hydroxylation is 1. The first-order chi connectivity index (χ1) is 9.71. The molecule has 0 saturated heterocycles. The number of benzene rings is 1. The second kappa shape index (κ2) is 8.87. The van der Waals surface area contributed by atoms with Crippen LogP contribution in [0, 0.1) is 12.3 Å². The minimum atomic E-state index is 0.0538. The average Bonchev–Trinajstić information content (AvgIpc) is 2.45. The van der Waals surface area contributed by atoms with Crippen molar-refractivity contribution in [3.8, 4) is 23.8 Å². The van der Waals surface area contributed by atoms with Gasteiger partial charge in [-0.25, -0.2) is 0 Å². The Morgan fingerprint density at radius 2 is 2.10 bits per heavy atom. The van der Waals surface area contributed by atoms with Gasteiger partial charge in [-0.2, -0.15) is 0 Å². The summed E-state index contributed by atoms with van der Waals surface area (Å²) in [6, 6.07) is 5.65. The third kappa shape index (κ3) is 5.23. The summed E-state index contributed by atoms with van der Waals surface area (Å²) in [6.07, 6.45) is 6.31. The number of carbonyl (C=O) groups excluding carboxylic acids is 1. The molecule has 0 atom stereocenters. The molecule has 1 aromatic carbocycles. The van der Waals surface area contributed by atoms with Gasteiger partial charge in [0.05, 0.1) is 6.61 Å². The number of rotatable bonds is 8. The van der Waals surface area contributed by atoms with Crippen LogP contribution in [0.15, 0.2) is 18.2 Å². The molecule has 0 aliphatic rings. The van der Waals surface area contributed by atoms with Gasteiger partial charge in [-0.1, -0.05) is 12.0 Å². The molecule has 0 radical (unpaired) electrons. The zero-order valence-electron chi connectivity index (χ0n) is 12.1. The maximum atomic E-state index is 11.4. The summed E-state index contributed by atoms with van der Waals surface area (Å²) in [5.74, 6) is 3.77. The lowest BCUT2D eigenvalue weighted by Gasteiger charge is -2.12. The van der Waals surface area contributed by atoms with Gasteiger partial charge in [0.2, 0.25) is 5.91 Å². The second-order valence-electron chi connectivity index (χ2n) is 4.16. The van der Waals surface area contributed by atoms with Crippen LogP contribution in [0.3, 0.4) is 0 Å². The lowest BCUT2D eigenvalue weighted by atomic mass is 10.1. The van der Waals surface area contributed by atoms with Gasteiger partial charge in [-0.3, -0.25) is 4.79 Å². The maximum Gasteiger partial charge on any atom is 0.220 e. The Morgan fingerprint density at radius 1 is 1.30 bits per heavy atom. The molecular formula is C16H21NO3. The summed E-state index contributed by atoms with van der Waals surface area (Å²) < 4.78 is 11.0. The van der Waals surface area contributed by atoms with Gasteiger partial charge in [0.15, 0.2) is 11.5 Å². The largest absolute Gasteiger partial charge is 0.490 e. The predicted molar refractivity (Wildman–Crippen MR) is 78.9 cm³/mol. The SMILES string of the molecule is C#CCOc1ccc(CCC(=O)NCC)cc1OCC. The van der Waals surface area contributed by atoms with Crippen LogP contribution in [0.5, 0.6) is 11.5 Å². The summed E-state index contributed by atoms with van der Waals surface area (Å²) in [4.78, 5) is 11.4. The molecule has 1 rings (SSSR count). The van der Waals surface area contributed by atoms with Crippen molar-refractivity contribution >= 4 is 5.91 Å². The quantitative estimate of drug-likeness (QED) is 0.740. The lowest BCUT2D eigenvalue weighted by molar-refractivity contribution is -0.120. The highest BCUT2D eigenvalue weighted by Crippen LogP contribution is 2.28. The van der Waals surface area contributed by atoms with E-state index in [4.69, 9.17) is 15.9 Å². The van der Waals surface area contributed by atoms with Crippen LogP contribution in [0.4, 0.5) is 0 Å². The summed E-state index contributed by atoms with van der Waals surface area (Å²) in [7, 11) is 0. The highest BCUT2D eigenvalue weighted by molar-refractivity contribution is 5.76. The predicted octanol–water partition coefficient (Wildman–Crippen LogP) is 2.17. The molecule has 1 N–H and O–H groups in total. The summed E-state index contributed by atoms with van der Waals surface area (Å²) in [6.45, 7) is 5.22. The normalized spacial score (nSPS) is 9.65. The minimum Gasteiger partial charge on any atom is -0.490 e. The van der Waals surface area contributed by atoms with Crippen molar-refractivity contribution in [2.45, 2.75) is 26.7 Å². The van der Waals surface area contributed by atoms with Gasteiger partial charge < -0.3 is 14.8 Å². The molecule has 0 spiro atoms. The molecule has 0 aliphatic heterocycles. The molecule has 0 heterocycles. The molecule has 0 saturated carbocycles. The molecule has 20 heavy (non-hydrogen) atoms. The third-order valence-electron chi connectivity index (χ3n) is 2.63. The van der Waals surface area contributed by atoms with Gasteiger partial charge in [0, 0.05) is 13.0 Å². The van der Waals surface area contributed by atoms with Crippen LogP contribution >= 0.6 is 0 Å². The van der Waals surface area contributed by atoms with Crippen LogP contribution in [-0.4, -0.2) is 25.7 Å². The topological polar surface area (TPSA) is 47.6 Å². The van der Waals surface area contributed by atoms with Gasteiger partial charge in [-0.15, -0.1) is 6.42 Å². The Balaban J connectivity index is 2.71. The number of hydrogen-bond donors (Lipinski definition) is 1. The highest BCUT2D eigenvalue weighted by atomic mass is 16.5. The van der Waals surface area contributed by atoms with E-state index >= 15 is 0 Å². The van der Waals surface area contributed by atoms with E-state index in [1.807, 2.05) is 32.0 Å². The second-order valence-corrected chi connectivity index (χ2v) is 4.16. The van der Waals surface area contributed by atoms with E-state index in [9.17, 15) is 4.79 Å². The molecule has 0 aliphatic carbocycles. The van der Waals surface area contributed by atoms with E-state index in [1.165, 1.54) is 0 Å². The van der Waals surface area contributed by atoms with Crippen LogP contribution in [0.1, 0.15) is 25.8 Å². The zero-order chi connectivity index (χ0) is 14.8. The van der Waals surface area contributed by atoms with Crippen molar-refractivity contribution in [1.29, 1.82) is 0 Å². The third-order valence-corrected chi connectivity index (χ3v) is 2.63. The van der Waals surface area contributed by atoms with Gasteiger partial charge >= 0.3 is 0 Å². The highest BCUT2D eigenvalue weighted by Gasteiger charge is 2.07. The Labute approximate surface area is 120 Å². The van der Waals surface area contributed by atoms with Crippen LogP contribution in [-0.2, 0) is 11.2 Å². The first kappa shape index (κ1) is 15.9. The van der Waals surface area contributed by atoms with Crippen molar-refractivity contribution in [3.63, 3.8) is 0 Å². The minimum absolute atomic E-state index is 0.0538. The van der Waals surface area contributed by atoms with Gasteiger partial charge in [0.1, 0.15) is 6.61 Å². The van der Waals surface area contributed by atoms with E-state index in [0.29, 0.717) is 37.5 Å². The van der Waals surface area contributed by atoms with E-state index in [1.54, 1.807) is 0 Å². The molecule has 4 nitrogen and oxygen atoms in total. The monoisotopic (exact) mass is 275 g/mol. The fourth-order valence-electron chi connectivity index (χ4n) is 1.76. The summed E-state index contributed by atoms with van der Waals surface area (Å²) >= 11 is 0. The molecule has 0 fully saturated rings. The zero-order valence-corrected chi connectivity index (χ0v) is 12.1. The number of terminal acetylenes is 1. The summed E-state index contributed by atoms with van der Waals surface area (Å²) in [5.41, 5.74) is 1.03. The van der Waals surface area contributed by atoms with Gasteiger partial charge in [-0.05, 0) is 38.0 Å². The molecule has 1 aromatic rings. The molecule has 0 aromatic heterocycles. The fraction of sp³-hybridized carbons (Fsp3) is 0.438. The molecule has 0 bridgehead atoms. The van der Waals surface area contributed by atoms with Crippen molar-refractivity contribution in [2.75, 3.05) is 19.8 Å². The average molecular weight is 275 g/mol. The molecule has 108 valence electrons. The van der Waals surface area contributed by atoms with Crippen LogP contribution in [0.25, 0.3) is 0 Å². The molecule has 0 unspecified atom stereocenters. The van der Waals surface area contributed by atoms with E-state index in [-0.39, 0.29) is 12.5 Å². The number of nitrogens with one attached hydrogen (secondary N) is 1. The first-order valence-corrected chi connectivity index (χ1v) is 6.79. The Hall–Kier alpha value is -2.15. The van der Waals surface area contributed by atoms with E-state index < -0.39 is 0 Å². The first-order valence-electron chi connectivity index (χ1n) is 6.79. The van der Waals surface area contributed by atoms with Crippen LogP contribution in [0.2, 0.25) is 0 Å². The molecule has 1 amide bonds. The Morgan fingerprint density at radius 3 is 2.75 bits per heavy atom. The van der Waals surface area contributed by atoms with Gasteiger partial charge in [0.25, 0.3) is 0 Å². The van der Waals surface area contributed by atoms with Crippen molar-refractivity contribution < 1.29 is 14.3 Å². The van der Waals surface area contributed by atoms with Crippen molar-refractivity contribution in [2.24, 2.45) is 0 Å². The Kier molecular flexibility index (Phi) is 7.05. The fourth-order valence-corrected chi connectivity index (χ4v) is 1.76. The standard InChI is InChI=1S/C16H21NO3/c1-4-11-20-14-9-7-13(12-15(14)19-6-3)8-10-16(18)17-5-2/h1,7,9,12H,5-6,8,10-11H2,2-3H3,(H,17,18). The number of amides is 1. The number of carbonyl (C=O) groups is 1. The smallest absolute Gasteiger partial charge is 0.220 e. The van der Waals surface area contributed by atoms with E-state index in [0.717, 1.165) is 5.56 Å². The van der Waals surface area contributed by atoms with Crippen molar-refractivity contribution in [3.05, 3.63) is 23.8 Å². The Bertz CT molecular complexity index is 477. The lowest BCUT2D eigenvalue weighted by Crippen LogP contribution is -2.22.